The molecule has 78 valence electrons. The number of aliphatic hydroxyl groups excluding tert-OH is 1. The molecule has 4 nitrogen and oxygen atoms in total. The summed E-state index contributed by atoms with van der Waals surface area (Å²) in [6, 6.07) is 0.161. The van der Waals surface area contributed by atoms with E-state index >= 15 is 0 Å². The lowest BCUT2D eigenvalue weighted by Crippen LogP contribution is -2.48. The van der Waals surface area contributed by atoms with Crippen LogP contribution in [0.2, 0.25) is 0 Å². The van der Waals surface area contributed by atoms with Gasteiger partial charge in [-0.15, -0.1) is 0 Å². The van der Waals surface area contributed by atoms with E-state index in [1.54, 1.807) is 0 Å². The molecule has 1 aliphatic heterocycles. The van der Waals surface area contributed by atoms with Crippen molar-refractivity contribution < 1.29 is 14.6 Å². The van der Waals surface area contributed by atoms with Gasteiger partial charge < -0.3 is 14.6 Å². The Morgan fingerprint density at radius 2 is 2.46 bits per heavy atom. The zero-order chi connectivity index (χ0) is 9.52. The van der Waals surface area contributed by atoms with Crippen LogP contribution in [0.4, 0.5) is 0 Å². The zero-order valence-corrected chi connectivity index (χ0v) is 8.24. The van der Waals surface area contributed by atoms with Crippen LogP contribution in [0.15, 0.2) is 0 Å². The molecule has 0 amide bonds. The summed E-state index contributed by atoms with van der Waals surface area (Å²) in [5, 5.41) is 9.06. The van der Waals surface area contributed by atoms with Gasteiger partial charge in [0.2, 0.25) is 0 Å². The van der Waals surface area contributed by atoms with Crippen LogP contribution in [0.3, 0.4) is 0 Å². The third-order valence-corrected chi connectivity index (χ3v) is 2.29. The van der Waals surface area contributed by atoms with Crippen LogP contribution in [0.5, 0.6) is 0 Å². The second-order valence-electron chi connectivity index (χ2n) is 3.14. The molecule has 0 saturated carbocycles. The van der Waals surface area contributed by atoms with Gasteiger partial charge in [0.1, 0.15) is 0 Å². The van der Waals surface area contributed by atoms with Crippen molar-refractivity contribution in [3.05, 3.63) is 0 Å². The molecule has 0 aromatic heterocycles. The standard InChI is InChI=1S/C9H19NO3/c1-2-12-5-3-10-4-6-13-8-9(10)7-11/h9,11H,2-8H2,1H3. The average molecular weight is 189 g/mol. The zero-order valence-electron chi connectivity index (χ0n) is 8.24. The van der Waals surface area contributed by atoms with Crippen molar-refractivity contribution in [3.63, 3.8) is 0 Å². The van der Waals surface area contributed by atoms with Crippen LogP contribution in [0, 0.1) is 0 Å². The Kier molecular flexibility index (Phi) is 5.31. The van der Waals surface area contributed by atoms with E-state index in [0.29, 0.717) is 6.61 Å². The number of aliphatic hydroxyl groups is 1. The molecule has 4 heteroatoms. The summed E-state index contributed by atoms with van der Waals surface area (Å²) in [5.41, 5.74) is 0. The molecule has 1 unspecified atom stereocenters. The van der Waals surface area contributed by atoms with Crippen molar-refractivity contribution in [3.8, 4) is 0 Å². The number of morpholine rings is 1. The van der Waals surface area contributed by atoms with Crippen LogP contribution in [-0.2, 0) is 9.47 Å². The van der Waals surface area contributed by atoms with E-state index in [9.17, 15) is 0 Å². The molecule has 1 N–H and O–H groups in total. The number of ether oxygens (including phenoxy) is 2. The van der Waals surface area contributed by atoms with E-state index < -0.39 is 0 Å². The Balaban J connectivity index is 2.19. The maximum atomic E-state index is 9.06. The van der Waals surface area contributed by atoms with E-state index in [2.05, 4.69) is 4.90 Å². The molecule has 1 rings (SSSR count). The monoisotopic (exact) mass is 189 g/mol. The van der Waals surface area contributed by atoms with Gasteiger partial charge in [-0.25, -0.2) is 0 Å². The maximum Gasteiger partial charge on any atom is 0.0644 e. The molecule has 0 radical (unpaired) electrons. The number of hydrogen-bond acceptors (Lipinski definition) is 4. The van der Waals surface area contributed by atoms with Gasteiger partial charge in [-0.3, -0.25) is 4.90 Å². The van der Waals surface area contributed by atoms with E-state index in [0.717, 1.165) is 32.9 Å². The van der Waals surface area contributed by atoms with Gasteiger partial charge in [0.05, 0.1) is 32.5 Å². The summed E-state index contributed by atoms with van der Waals surface area (Å²) in [6.07, 6.45) is 0. The molecule has 1 heterocycles. The van der Waals surface area contributed by atoms with Crippen molar-refractivity contribution in [2.75, 3.05) is 46.1 Å². The third-order valence-electron chi connectivity index (χ3n) is 2.29. The largest absolute Gasteiger partial charge is 0.395 e. The number of rotatable bonds is 5. The summed E-state index contributed by atoms with van der Waals surface area (Å²) >= 11 is 0. The van der Waals surface area contributed by atoms with Crippen LogP contribution in [0.25, 0.3) is 0 Å². The van der Waals surface area contributed by atoms with E-state index in [1.807, 2.05) is 6.92 Å². The first-order valence-corrected chi connectivity index (χ1v) is 4.89. The molecule has 13 heavy (non-hydrogen) atoms. The average Bonchev–Trinajstić information content (AvgIpc) is 2.19. The lowest BCUT2D eigenvalue weighted by atomic mass is 10.2. The predicted molar refractivity (Wildman–Crippen MR) is 49.8 cm³/mol. The number of hydrogen-bond donors (Lipinski definition) is 1. The van der Waals surface area contributed by atoms with Gasteiger partial charge in [-0.1, -0.05) is 0 Å². The lowest BCUT2D eigenvalue weighted by Gasteiger charge is -2.34. The van der Waals surface area contributed by atoms with Gasteiger partial charge in [-0.2, -0.15) is 0 Å². The first-order chi connectivity index (χ1) is 6.38. The minimum absolute atomic E-state index is 0.161. The second-order valence-corrected chi connectivity index (χ2v) is 3.14. The second kappa shape index (κ2) is 6.32. The van der Waals surface area contributed by atoms with E-state index in [-0.39, 0.29) is 12.6 Å². The normalized spacial score (nSPS) is 24.9. The summed E-state index contributed by atoms with van der Waals surface area (Å²) in [5.74, 6) is 0. The molecular weight excluding hydrogens is 170 g/mol. The van der Waals surface area contributed by atoms with Crippen molar-refractivity contribution >= 4 is 0 Å². The highest BCUT2D eigenvalue weighted by Crippen LogP contribution is 2.05. The van der Waals surface area contributed by atoms with Crippen molar-refractivity contribution in [1.29, 1.82) is 0 Å². The molecule has 0 aromatic carbocycles. The summed E-state index contributed by atoms with van der Waals surface area (Å²) < 4.78 is 10.5. The first-order valence-electron chi connectivity index (χ1n) is 4.89. The SMILES string of the molecule is CCOCCN1CCOCC1CO. The molecule has 0 bridgehead atoms. The molecule has 1 fully saturated rings. The lowest BCUT2D eigenvalue weighted by molar-refractivity contribution is -0.0370. The maximum absolute atomic E-state index is 9.06. The fourth-order valence-corrected chi connectivity index (χ4v) is 1.48. The molecule has 1 aliphatic rings. The fraction of sp³-hybridized carbons (Fsp3) is 1.00. The van der Waals surface area contributed by atoms with Gasteiger partial charge >= 0.3 is 0 Å². The highest BCUT2D eigenvalue weighted by atomic mass is 16.5. The van der Waals surface area contributed by atoms with Crippen molar-refractivity contribution in [2.24, 2.45) is 0 Å². The van der Waals surface area contributed by atoms with Crippen LogP contribution >= 0.6 is 0 Å². The quantitative estimate of drug-likeness (QED) is 0.604. The Morgan fingerprint density at radius 1 is 1.62 bits per heavy atom. The molecule has 0 spiro atoms. The Hall–Kier alpha value is -0.160. The van der Waals surface area contributed by atoms with Gasteiger partial charge in [0.15, 0.2) is 0 Å². The molecule has 1 saturated heterocycles. The van der Waals surface area contributed by atoms with Crippen molar-refractivity contribution in [1.82, 2.24) is 4.90 Å². The third kappa shape index (κ3) is 3.60. The molecule has 0 aliphatic carbocycles. The van der Waals surface area contributed by atoms with E-state index in [4.69, 9.17) is 14.6 Å². The minimum atomic E-state index is 0.161. The smallest absolute Gasteiger partial charge is 0.0644 e. The van der Waals surface area contributed by atoms with Crippen molar-refractivity contribution in [2.45, 2.75) is 13.0 Å². The topological polar surface area (TPSA) is 41.9 Å². The first kappa shape index (κ1) is 10.9. The Morgan fingerprint density at radius 3 is 3.15 bits per heavy atom. The van der Waals surface area contributed by atoms with Crippen LogP contribution in [0.1, 0.15) is 6.92 Å². The van der Waals surface area contributed by atoms with Gasteiger partial charge in [-0.05, 0) is 6.92 Å². The van der Waals surface area contributed by atoms with Crippen LogP contribution in [-0.4, -0.2) is 62.2 Å². The molecular formula is C9H19NO3. The predicted octanol–water partition coefficient (Wildman–Crippen LogP) is -0.284. The summed E-state index contributed by atoms with van der Waals surface area (Å²) in [7, 11) is 0. The summed E-state index contributed by atoms with van der Waals surface area (Å²) in [4.78, 5) is 2.22. The van der Waals surface area contributed by atoms with Gasteiger partial charge in [0, 0.05) is 19.7 Å². The fourth-order valence-electron chi connectivity index (χ4n) is 1.48. The molecule has 0 aromatic rings. The van der Waals surface area contributed by atoms with E-state index in [1.165, 1.54) is 0 Å². The highest BCUT2D eigenvalue weighted by Gasteiger charge is 2.21. The van der Waals surface area contributed by atoms with Gasteiger partial charge in [0.25, 0.3) is 0 Å². The number of nitrogens with zero attached hydrogens (tertiary/aromatic N) is 1. The Labute approximate surface area is 79.4 Å². The van der Waals surface area contributed by atoms with Crippen LogP contribution < -0.4 is 0 Å². The molecule has 1 atom stereocenters. The minimum Gasteiger partial charge on any atom is -0.395 e. The highest BCUT2D eigenvalue weighted by molar-refractivity contribution is 4.73. The Bertz CT molecular complexity index is 132. The summed E-state index contributed by atoms with van der Waals surface area (Å²) in [6.45, 7) is 6.86.